The number of fused-ring (bicyclic) bond motifs is 6. The molecule has 0 amide bonds. The van der Waals surface area contributed by atoms with Crippen molar-refractivity contribution in [2.75, 3.05) is 0 Å². The van der Waals surface area contributed by atoms with Crippen molar-refractivity contribution < 1.29 is 0 Å². The highest BCUT2D eigenvalue weighted by Gasteiger charge is 2.20. The second kappa shape index (κ2) is 10.9. The van der Waals surface area contributed by atoms with E-state index in [2.05, 4.69) is 135 Å². The molecule has 48 heavy (non-hydrogen) atoms. The summed E-state index contributed by atoms with van der Waals surface area (Å²) in [6, 6.07) is 56.6. The summed E-state index contributed by atoms with van der Waals surface area (Å²) in [5.41, 5.74) is 11.3. The van der Waals surface area contributed by atoms with Gasteiger partial charge < -0.3 is 9.13 Å². The van der Waals surface area contributed by atoms with Crippen LogP contribution in [0, 0.1) is 17.9 Å². The van der Waals surface area contributed by atoms with Crippen molar-refractivity contribution in [3.05, 3.63) is 175 Å². The summed E-state index contributed by atoms with van der Waals surface area (Å²) in [5.74, 6) is 0. The molecule has 0 aliphatic carbocycles. The highest BCUT2D eigenvalue weighted by atomic mass is 15.0. The molecule has 0 unspecified atom stereocenters. The monoisotopic (exact) mass is 610 g/mol. The molecule has 0 bridgehead atoms. The fraction of sp³-hybridized carbons (Fsp3) is 0. The molecule has 9 rings (SSSR count). The Balaban J connectivity index is 1.19. The van der Waals surface area contributed by atoms with Crippen LogP contribution in [0.5, 0.6) is 0 Å². The van der Waals surface area contributed by atoms with Crippen molar-refractivity contribution in [3.63, 3.8) is 0 Å². The first kappa shape index (κ1) is 27.4. The van der Waals surface area contributed by atoms with Crippen LogP contribution in [0.4, 0.5) is 5.69 Å². The first-order valence-corrected chi connectivity index (χ1v) is 15.9. The van der Waals surface area contributed by atoms with Gasteiger partial charge in [-0.3, -0.25) is 0 Å². The molecule has 0 N–H and O–H groups in total. The van der Waals surface area contributed by atoms with Crippen molar-refractivity contribution in [1.82, 2.24) is 9.13 Å². The lowest BCUT2D eigenvalue weighted by Crippen LogP contribution is -1.99. The first-order valence-electron chi connectivity index (χ1n) is 15.9. The highest BCUT2D eigenvalue weighted by Crippen LogP contribution is 2.41. The zero-order valence-corrected chi connectivity index (χ0v) is 25.8. The number of para-hydroxylation sites is 4. The van der Waals surface area contributed by atoms with Crippen molar-refractivity contribution in [2.45, 2.75) is 0 Å². The van der Waals surface area contributed by atoms with Gasteiger partial charge in [0.05, 0.1) is 46.0 Å². The molecule has 0 saturated carbocycles. The average Bonchev–Trinajstić information content (AvgIpc) is 3.68. The molecular weight excluding hydrogens is 585 g/mol. The van der Waals surface area contributed by atoms with Crippen LogP contribution in [-0.2, 0) is 0 Å². The smallest absolute Gasteiger partial charge is 0.211 e. The van der Waals surface area contributed by atoms with Crippen molar-refractivity contribution >= 4 is 49.3 Å². The van der Waals surface area contributed by atoms with Gasteiger partial charge in [0.15, 0.2) is 0 Å². The van der Waals surface area contributed by atoms with E-state index in [1.54, 1.807) is 0 Å². The third-order valence-corrected chi connectivity index (χ3v) is 9.39. The number of nitriles is 1. The van der Waals surface area contributed by atoms with Crippen LogP contribution >= 0.6 is 0 Å². The molecule has 0 atom stereocenters. The molecule has 7 aromatic carbocycles. The van der Waals surface area contributed by atoms with Gasteiger partial charge in [0, 0.05) is 27.4 Å². The first-order chi connectivity index (χ1) is 23.7. The van der Waals surface area contributed by atoms with E-state index in [9.17, 15) is 5.26 Å². The van der Waals surface area contributed by atoms with Gasteiger partial charge in [-0.15, -0.1) is 0 Å². The van der Waals surface area contributed by atoms with Crippen LogP contribution in [0.2, 0.25) is 0 Å². The summed E-state index contributed by atoms with van der Waals surface area (Å²) in [6.45, 7) is 7.96. The number of hydrogen-bond donors (Lipinski definition) is 0. The van der Waals surface area contributed by atoms with E-state index in [0.717, 1.165) is 55.4 Å². The molecule has 0 fully saturated rings. The minimum atomic E-state index is 0.579. The Bertz CT molecular complexity index is 2750. The van der Waals surface area contributed by atoms with Crippen molar-refractivity contribution in [1.29, 1.82) is 5.26 Å². The second-order valence-corrected chi connectivity index (χ2v) is 11.9. The van der Waals surface area contributed by atoms with Crippen LogP contribution in [0.3, 0.4) is 0 Å². The Morgan fingerprint density at radius 3 is 1.73 bits per heavy atom. The van der Waals surface area contributed by atoms with E-state index < -0.39 is 0 Å². The van der Waals surface area contributed by atoms with Crippen LogP contribution in [0.1, 0.15) is 5.56 Å². The number of hydrogen-bond acceptors (Lipinski definition) is 1. The maximum Gasteiger partial charge on any atom is 0.211 e. The van der Waals surface area contributed by atoms with Crippen LogP contribution in [0.25, 0.3) is 82.1 Å². The van der Waals surface area contributed by atoms with E-state index >= 15 is 0 Å². The molecule has 0 aliphatic heterocycles. The Hall–Kier alpha value is -6.88. The molecular formula is C44H26N4. The van der Waals surface area contributed by atoms with Crippen molar-refractivity contribution in [3.8, 4) is 39.7 Å². The molecule has 0 radical (unpaired) electrons. The average molecular weight is 611 g/mol. The number of aromatic nitrogens is 2. The van der Waals surface area contributed by atoms with Gasteiger partial charge in [-0.1, -0.05) is 115 Å². The van der Waals surface area contributed by atoms with E-state index in [1.165, 1.54) is 21.8 Å². The Labute approximate surface area is 277 Å². The van der Waals surface area contributed by atoms with Gasteiger partial charge >= 0.3 is 0 Å². The van der Waals surface area contributed by atoms with Gasteiger partial charge in [0.25, 0.3) is 0 Å². The Morgan fingerprint density at radius 2 is 1.06 bits per heavy atom. The molecule has 4 heteroatoms. The second-order valence-electron chi connectivity index (χ2n) is 11.9. The number of rotatable bonds is 4. The molecule has 2 aromatic heterocycles. The maximum absolute atomic E-state index is 10.3. The lowest BCUT2D eigenvalue weighted by Gasteiger charge is -2.16. The Kier molecular flexibility index (Phi) is 6.22. The fourth-order valence-corrected chi connectivity index (χ4v) is 7.32. The SMILES string of the molecule is [C-]#[N+]c1cccc2c3ccccc3n(-c3cccc(C#N)c3-c3ccc(-c4cccc(-n5c6ccccc6c6ccccc65)c4)cc3)c12. The summed E-state index contributed by atoms with van der Waals surface area (Å²) >= 11 is 0. The standard InChI is InChI=1S/C44H26N4/c1-46-38-18-10-17-37-36-16-4-7-21-41(36)48(44(37)38)42-22-9-12-32(28-45)43(42)30-25-23-29(24-26-30)31-11-8-13-33(27-31)47-39-19-5-2-14-34(39)35-15-3-6-20-40(35)47/h2-27H. The molecule has 0 spiro atoms. The van der Waals surface area contributed by atoms with Crippen LogP contribution < -0.4 is 0 Å². The number of benzene rings is 7. The van der Waals surface area contributed by atoms with E-state index in [-0.39, 0.29) is 0 Å². The topological polar surface area (TPSA) is 38.0 Å². The zero-order valence-electron chi connectivity index (χ0n) is 25.8. The molecule has 0 aliphatic rings. The van der Waals surface area contributed by atoms with Crippen LogP contribution in [0.15, 0.2) is 158 Å². The zero-order chi connectivity index (χ0) is 32.2. The van der Waals surface area contributed by atoms with Gasteiger partial charge in [0.2, 0.25) is 5.69 Å². The summed E-state index contributed by atoms with van der Waals surface area (Å²) in [7, 11) is 0. The quantitative estimate of drug-likeness (QED) is 0.183. The molecule has 9 aromatic rings. The predicted molar refractivity (Wildman–Crippen MR) is 197 cm³/mol. The fourth-order valence-electron chi connectivity index (χ4n) is 7.32. The van der Waals surface area contributed by atoms with E-state index in [1.807, 2.05) is 42.5 Å². The highest BCUT2D eigenvalue weighted by molar-refractivity contribution is 6.14. The van der Waals surface area contributed by atoms with Gasteiger partial charge in [0.1, 0.15) is 0 Å². The maximum atomic E-state index is 10.3. The van der Waals surface area contributed by atoms with E-state index in [0.29, 0.717) is 11.3 Å². The summed E-state index contributed by atoms with van der Waals surface area (Å²) in [6.07, 6.45) is 0. The minimum absolute atomic E-state index is 0.579. The van der Waals surface area contributed by atoms with Gasteiger partial charge in [-0.25, -0.2) is 4.85 Å². The third kappa shape index (κ3) is 4.07. The molecule has 0 saturated heterocycles. The molecule has 4 nitrogen and oxygen atoms in total. The Morgan fingerprint density at radius 1 is 0.500 bits per heavy atom. The predicted octanol–water partition coefficient (Wildman–Crippen LogP) is 11.6. The lowest BCUT2D eigenvalue weighted by atomic mass is 9.95. The summed E-state index contributed by atoms with van der Waals surface area (Å²) in [4.78, 5) is 3.89. The summed E-state index contributed by atoms with van der Waals surface area (Å²) < 4.78 is 4.48. The van der Waals surface area contributed by atoms with Crippen molar-refractivity contribution in [2.24, 2.45) is 0 Å². The molecule has 222 valence electrons. The summed E-state index contributed by atoms with van der Waals surface area (Å²) in [5, 5.41) is 14.9. The van der Waals surface area contributed by atoms with E-state index in [4.69, 9.17) is 6.57 Å². The minimum Gasteiger partial charge on any atom is -0.318 e. The lowest BCUT2D eigenvalue weighted by molar-refractivity contribution is 1.18. The van der Waals surface area contributed by atoms with Gasteiger partial charge in [-0.05, 0) is 64.5 Å². The number of nitrogens with zero attached hydrogens (tertiary/aromatic N) is 4. The largest absolute Gasteiger partial charge is 0.318 e. The van der Waals surface area contributed by atoms with Crippen LogP contribution in [-0.4, -0.2) is 9.13 Å². The van der Waals surface area contributed by atoms with Gasteiger partial charge in [-0.2, -0.15) is 5.26 Å². The molecule has 2 heterocycles. The third-order valence-electron chi connectivity index (χ3n) is 9.39. The normalized spacial score (nSPS) is 11.3.